The van der Waals surface area contributed by atoms with Gasteiger partial charge in [-0.15, -0.1) is 10.2 Å². The van der Waals surface area contributed by atoms with E-state index in [2.05, 4.69) is 34.7 Å². The van der Waals surface area contributed by atoms with E-state index < -0.39 is 0 Å². The number of rotatable bonds is 4. The maximum absolute atomic E-state index is 11.6. The normalized spacial score (nSPS) is 18.6. The molecule has 0 bridgehead atoms. The monoisotopic (exact) mass is 276 g/mol. The number of carbonyl (C=O) groups is 1. The fraction of sp³-hybridized carbons (Fsp3) is 0.667. The predicted molar refractivity (Wildman–Crippen MR) is 79.7 cm³/mol. The van der Waals surface area contributed by atoms with E-state index in [1.807, 2.05) is 13.0 Å². The van der Waals surface area contributed by atoms with Gasteiger partial charge in [-0.3, -0.25) is 4.79 Å². The van der Waals surface area contributed by atoms with Crippen LogP contribution in [0.15, 0.2) is 12.1 Å². The molecule has 1 aliphatic rings. The van der Waals surface area contributed by atoms with Crippen LogP contribution in [0.25, 0.3) is 0 Å². The van der Waals surface area contributed by atoms with Crippen LogP contribution in [-0.2, 0) is 0 Å². The lowest BCUT2D eigenvalue weighted by Gasteiger charge is -2.34. The molecular weight excluding hydrogens is 252 g/mol. The van der Waals surface area contributed by atoms with E-state index in [-0.39, 0.29) is 5.91 Å². The highest BCUT2D eigenvalue weighted by atomic mass is 16.1. The van der Waals surface area contributed by atoms with E-state index in [0.717, 1.165) is 18.7 Å². The summed E-state index contributed by atoms with van der Waals surface area (Å²) in [4.78, 5) is 11.6. The first kappa shape index (κ1) is 14.8. The molecule has 2 rings (SSSR count). The summed E-state index contributed by atoms with van der Waals surface area (Å²) in [5.41, 5.74) is 0.827. The van der Waals surface area contributed by atoms with Crippen LogP contribution in [0.3, 0.4) is 0 Å². The molecule has 1 amide bonds. The highest BCUT2D eigenvalue weighted by molar-refractivity contribution is 5.92. The largest absolute Gasteiger partial charge is 0.366 e. The molecule has 0 atom stereocenters. The molecule has 0 radical (unpaired) electrons. The Morgan fingerprint density at radius 1 is 1.30 bits per heavy atom. The van der Waals surface area contributed by atoms with Crippen LogP contribution in [0, 0.1) is 5.41 Å². The van der Waals surface area contributed by atoms with Crippen molar-refractivity contribution in [2.24, 2.45) is 5.41 Å². The summed E-state index contributed by atoms with van der Waals surface area (Å²) in [5, 5.41) is 14.2. The molecule has 20 heavy (non-hydrogen) atoms. The third-order valence-corrected chi connectivity index (χ3v) is 3.93. The minimum atomic E-state index is -0.175. The first-order valence-corrected chi connectivity index (χ1v) is 7.38. The van der Waals surface area contributed by atoms with Gasteiger partial charge in [0.05, 0.1) is 0 Å². The van der Waals surface area contributed by atoms with Crippen LogP contribution in [0.1, 0.15) is 56.9 Å². The van der Waals surface area contributed by atoms with Gasteiger partial charge in [0.1, 0.15) is 5.82 Å². The van der Waals surface area contributed by atoms with E-state index >= 15 is 0 Å². The molecule has 0 spiro atoms. The molecule has 0 unspecified atom stereocenters. The lowest BCUT2D eigenvalue weighted by molar-refractivity contribution is 0.0950. The van der Waals surface area contributed by atoms with Crippen LogP contribution < -0.4 is 10.6 Å². The van der Waals surface area contributed by atoms with Crippen molar-refractivity contribution in [1.29, 1.82) is 0 Å². The van der Waals surface area contributed by atoms with Gasteiger partial charge >= 0.3 is 0 Å². The number of anilines is 1. The zero-order chi connectivity index (χ0) is 14.6. The van der Waals surface area contributed by atoms with Crippen LogP contribution in [0.4, 0.5) is 5.82 Å². The van der Waals surface area contributed by atoms with Crippen molar-refractivity contribution < 1.29 is 4.79 Å². The van der Waals surface area contributed by atoms with Crippen molar-refractivity contribution in [3.05, 3.63) is 17.8 Å². The fourth-order valence-electron chi connectivity index (χ4n) is 2.53. The average Bonchev–Trinajstić information content (AvgIpc) is 2.42. The van der Waals surface area contributed by atoms with Crippen LogP contribution in [0.5, 0.6) is 0 Å². The standard InChI is InChI=1S/C15H24N4O/c1-4-16-14(20)12-5-6-13(19-18-12)17-11-7-9-15(2,3)10-8-11/h5-6,11H,4,7-10H2,1-3H3,(H,16,20)(H,17,19). The van der Waals surface area contributed by atoms with Gasteiger partial charge in [0.25, 0.3) is 5.91 Å². The average molecular weight is 276 g/mol. The third-order valence-electron chi connectivity index (χ3n) is 3.93. The predicted octanol–water partition coefficient (Wildman–Crippen LogP) is 2.61. The molecular formula is C15H24N4O. The second kappa shape index (κ2) is 6.20. The SMILES string of the molecule is CCNC(=O)c1ccc(NC2CCC(C)(C)CC2)nn1. The molecule has 5 heteroatoms. The minimum absolute atomic E-state index is 0.175. The molecule has 1 fully saturated rings. The van der Waals surface area contributed by atoms with Crippen LogP contribution >= 0.6 is 0 Å². The summed E-state index contributed by atoms with van der Waals surface area (Å²) >= 11 is 0. The number of aromatic nitrogens is 2. The Labute approximate surface area is 120 Å². The lowest BCUT2D eigenvalue weighted by Crippen LogP contribution is -2.30. The Balaban J connectivity index is 1.90. The third kappa shape index (κ3) is 3.92. The summed E-state index contributed by atoms with van der Waals surface area (Å²) in [6, 6.07) is 4.01. The first-order chi connectivity index (χ1) is 9.50. The van der Waals surface area contributed by atoms with Crippen molar-refractivity contribution in [2.45, 2.75) is 52.5 Å². The molecule has 0 saturated heterocycles. The summed E-state index contributed by atoms with van der Waals surface area (Å²) in [7, 11) is 0. The quantitative estimate of drug-likeness (QED) is 0.887. The Bertz CT molecular complexity index is 445. The molecule has 1 aromatic rings. The van der Waals surface area contributed by atoms with E-state index in [4.69, 9.17) is 0 Å². The molecule has 1 saturated carbocycles. The maximum Gasteiger partial charge on any atom is 0.271 e. The zero-order valence-corrected chi connectivity index (χ0v) is 12.6. The van der Waals surface area contributed by atoms with E-state index in [1.165, 1.54) is 12.8 Å². The molecule has 110 valence electrons. The molecule has 5 nitrogen and oxygen atoms in total. The van der Waals surface area contributed by atoms with Gasteiger partial charge in [-0.1, -0.05) is 13.8 Å². The maximum atomic E-state index is 11.6. The number of hydrogen-bond donors (Lipinski definition) is 2. The van der Waals surface area contributed by atoms with Gasteiger partial charge in [-0.2, -0.15) is 0 Å². The topological polar surface area (TPSA) is 66.9 Å². The van der Waals surface area contributed by atoms with Crippen LogP contribution in [0.2, 0.25) is 0 Å². The number of nitrogens with one attached hydrogen (secondary N) is 2. The fourth-order valence-corrected chi connectivity index (χ4v) is 2.53. The van der Waals surface area contributed by atoms with Gasteiger partial charge in [0.2, 0.25) is 0 Å². The van der Waals surface area contributed by atoms with Gasteiger partial charge in [-0.25, -0.2) is 0 Å². The summed E-state index contributed by atoms with van der Waals surface area (Å²) in [5.74, 6) is 0.578. The Kier molecular flexibility index (Phi) is 4.57. The highest BCUT2D eigenvalue weighted by Crippen LogP contribution is 2.35. The smallest absolute Gasteiger partial charge is 0.271 e. The van der Waals surface area contributed by atoms with Crippen molar-refractivity contribution >= 4 is 11.7 Å². The van der Waals surface area contributed by atoms with E-state index in [0.29, 0.717) is 23.7 Å². The second-order valence-corrected chi connectivity index (χ2v) is 6.25. The van der Waals surface area contributed by atoms with Crippen molar-refractivity contribution in [3.8, 4) is 0 Å². The van der Waals surface area contributed by atoms with Crippen molar-refractivity contribution in [3.63, 3.8) is 0 Å². The van der Waals surface area contributed by atoms with Crippen LogP contribution in [-0.4, -0.2) is 28.7 Å². The molecule has 1 heterocycles. The van der Waals surface area contributed by atoms with Gasteiger partial charge in [0, 0.05) is 12.6 Å². The van der Waals surface area contributed by atoms with Crippen molar-refractivity contribution in [1.82, 2.24) is 15.5 Å². The Morgan fingerprint density at radius 2 is 2.00 bits per heavy atom. The van der Waals surface area contributed by atoms with Gasteiger partial charge in [0.15, 0.2) is 5.69 Å². The molecule has 0 aromatic carbocycles. The summed E-state index contributed by atoms with van der Waals surface area (Å²) in [6.07, 6.45) is 4.78. The molecule has 1 aromatic heterocycles. The summed E-state index contributed by atoms with van der Waals surface area (Å²) < 4.78 is 0. The zero-order valence-electron chi connectivity index (χ0n) is 12.6. The Morgan fingerprint density at radius 3 is 2.55 bits per heavy atom. The van der Waals surface area contributed by atoms with E-state index in [1.54, 1.807) is 6.07 Å². The molecule has 2 N–H and O–H groups in total. The van der Waals surface area contributed by atoms with E-state index in [9.17, 15) is 4.79 Å². The summed E-state index contributed by atoms with van der Waals surface area (Å²) in [6.45, 7) is 7.12. The second-order valence-electron chi connectivity index (χ2n) is 6.25. The number of nitrogens with zero attached hydrogens (tertiary/aromatic N) is 2. The Hall–Kier alpha value is -1.65. The highest BCUT2D eigenvalue weighted by Gasteiger charge is 2.26. The van der Waals surface area contributed by atoms with Gasteiger partial charge < -0.3 is 10.6 Å². The molecule has 0 aliphatic heterocycles. The number of hydrogen-bond acceptors (Lipinski definition) is 4. The number of amides is 1. The number of carbonyl (C=O) groups excluding carboxylic acids is 1. The minimum Gasteiger partial charge on any atom is -0.366 e. The lowest BCUT2D eigenvalue weighted by atomic mass is 9.75. The molecule has 1 aliphatic carbocycles. The van der Waals surface area contributed by atoms with Crippen molar-refractivity contribution in [2.75, 3.05) is 11.9 Å². The first-order valence-electron chi connectivity index (χ1n) is 7.38. The van der Waals surface area contributed by atoms with Gasteiger partial charge in [-0.05, 0) is 50.2 Å².